The Bertz CT molecular complexity index is 440. The molecule has 0 aromatic carbocycles. The summed E-state index contributed by atoms with van der Waals surface area (Å²) in [5, 5.41) is 10.1. The van der Waals surface area contributed by atoms with E-state index in [1.807, 2.05) is 13.8 Å². The largest absolute Gasteiger partial charge is 0.348 e. The molecule has 1 aromatic heterocycles. The lowest BCUT2D eigenvalue weighted by Crippen LogP contribution is -2.57. The molecule has 4 heterocycles. The highest BCUT2D eigenvalue weighted by Crippen LogP contribution is 2.27. The number of amides is 1. The van der Waals surface area contributed by atoms with Crippen molar-refractivity contribution in [2.24, 2.45) is 5.92 Å². The molecule has 18 heavy (non-hydrogen) atoms. The van der Waals surface area contributed by atoms with Gasteiger partial charge in [0.25, 0.3) is 5.91 Å². The lowest BCUT2D eigenvalue weighted by Gasteiger charge is -2.44. The molecule has 0 radical (unpaired) electrons. The molecule has 0 spiro atoms. The van der Waals surface area contributed by atoms with Crippen molar-refractivity contribution in [2.45, 2.75) is 32.7 Å². The predicted octanol–water partition coefficient (Wildman–Crippen LogP) is 0.851. The van der Waals surface area contributed by atoms with Crippen molar-refractivity contribution in [3.8, 4) is 0 Å². The van der Waals surface area contributed by atoms with Gasteiger partial charge in [-0.2, -0.15) is 5.10 Å². The Balaban J connectivity index is 1.72. The molecule has 2 bridgehead atoms. The van der Waals surface area contributed by atoms with Gasteiger partial charge in [-0.3, -0.25) is 9.89 Å². The average Bonchev–Trinajstić information content (AvgIpc) is 2.70. The number of aryl methyl sites for hydroxylation is 2. The smallest absolute Gasteiger partial charge is 0.255 e. The van der Waals surface area contributed by atoms with E-state index in [9.17, 15) is 4.79 Å². The number of hydrogen-bond acceptors (Lipinski definition) is 3. The van der Waals surface area contributed by atoms with E-state index in [0.717, 1.165) is 17.9 Å². The molecule has 3 aliphatic rings. The number of H-pyrrole nitrogens is 1. The van der Waals surface area contributed by atoms with Gasteiger partial charge in [0, 0.05) is 18.3 Å². The monoisotopic (exact) mass is 248 g/mol. The van der Waals surface area contributed by atoms with E-state index in [-0.39, 0.29) is 5.91 Å². The van der Waals surface area contributed by atoms with E-state index in [1.54, 1.807) is 0 Å². The standard InChI is InChI=1S/C13H20N4O/c1-8-12(9(2)16-15-8)13(18)14-11-7-17-5-3-10(11)4-6-17/h10-11H,3-7H2,1-2H3,(H,14,18)(H,15,16). The summed E-state index contributed by atoms with van der Waals surface area (Å²) < 4.78 is 0. The minimum atomic E-state index is 0.0255. The van der Waals surface area contributed by atoms with Crippen molar-refractivity contribution in [3.05, 3.63) is 17.0 Å². The van der Waals surface area contributed by atoms with Crippen molar-refractivity contribution in [1.29, 1.82) is 0 Å². The van der Waals surface area contributed by atoms with Gasteiger partial charge >= 0.3 is 0 Å². The topological polar surface area (TPSA) is 61.0 Å². The normalized spacial score (nSPS) is 30.4. The molecule has 3 aliphatic heterocycles. The molecule has 98 valence electrons. The van der Waals surface area contributed by atoms with Crippen LogP contribution in [0.25, 0.3) is 0 Å². The van der Waals surface area contributed by atoms with Gasteiger partial charge in [-0.05, 0) is 45.7 Å². The summed E-state index contributed by atoms with van der Waals surface area (Å²) in [6.07, 6.45) is 2.43. The summed E-state index contributed by atoms with van der Waals surface area (Å²) in [7, 11) is 0. The fraction of sp³-hybridized carbons (Fsp3) is 0.692. The van der Waals surface area contributed by atoms with E-state index in [0.29, 0.717) is 17.5 Å². The van der Waals surface area contributed by atoms with Crippen LogP contribution in [-0.2, 0) is 0 Å². The Morgan fingerprint density at radius 1 is 1.39 bits per heavy atom. The lowest BCUT2D eigenvalue weighted by molar-refractivity contribution is 0.0620. The number of nitrogens with zero attached hydrogens (tertiary/aromatic N) is 2. The lowest BCUT2D eigenvalue weighted by atomic mass is 9.84. The first-order valence-corrected chi connectivity index (χ1v) is 6.70. The van der Waals surface area contributed by atoms with Gasteiger partial charge in [0.2, 0.25) is 0 Å². The Hall–Kier alpha value is -1.36. The second kappa shape index (κ2) is 4.39. The maximum Gasteiger partial charge on any atom is 0.255 e. The molecule has 0 saturated carbocycles. The first-order valence-electron chi connectivity index (χ1n) is 6.70. The van der Waals surface area contributed by atoms with Crippen molar-refractivity contribution >= 4 is 5.91 Å². The summed E-state index contributed by atoms with van der Waals surface area (Å²) >= 11 is 0. The summed E-state index contributed by atoms with van der Waals surface area (Å²) in [6, 6.07) is 0.314. The van der Waals surface area contributed by atoms with Crippen LogP contribution in [0.15, 0.2) is 0 Å². The first-order chi connectivity index (χ1) is 8.65. The molecule has 3 fully saturated rings. The molecule has 0 aliphatic carbocycles. The zero-order chi connectivity index (χ0) is 12.7. The minimum Gasteiger partial charge on any atom is -0.348 e. The Morgan fingerprint density at radius 2 is 2.11 bits per heavy atom. The van der Waals surface area contributed by atoms with Gasteiger partial charge in [0.05, 0.1) is 11.3 Å². The predicted molar refractivity (Wildman–Crippen MR) is 68.5 cm³/mol. The average molecular weight is 248 g/mol. The number of hydrogen-bond donors (Lipinski definition) is 2. The number of piperidine rings is 3. The Morgan fingerprint density at radius 3 is 2.61 bits per heavy atom. The number of carbonyl (C=O) groups excluding carboxylic acids is 1. The van der Waals surface area contributed by atoms with E-state index in [4.69, 9.17) is 0 Å². The van der Waals surface area contributed by atoms with E-state index in [2.05, 4.69) is 20.4 Å². The number of carbonyl (C=O) groups is 1. The minimum absolute atomic E-state index is 0.0255. The molecule has 5 heteroatoms. The maximum atomic E-state index is 12.3. The van der Waals surface area contributed by atoms with Crippen LogP contribution < -0.4 is 5.32 Å². The van der Waals surface area contributed by atoms with E-state index >= 15 is 0 Å². The van der Waals surface area contributed by atoms with Gasteiger partial charge in [0.1, 0.15) is 0 Å². The second-order valence-corrected chi connectivity index (χ2v) is 5.53. The summed E-state index contributed by atoms with van der Waals surface area (Å²) in [4.78, 5) is 14.7. The molecule has 3 saturated heterocycles. The maximum absolute atomic E-state index is 12.3. The van der Waals surface area contributed by atoms with Crippen LogP contribution in [0.2, 0.25) is 0 Å². The van der Waals surface area contributed by atoms with Crippen molar-refractivity contribution in [2.75, 3.05) is 19.6 Å². The van der Waals surface area contributed by atoms with Crippen LogP contribution in [0, 0.1) is 19.8 Å². The van der Waals surface area contributed by atoms with E-state index in [1.165, 1.54) is 25.9 Å². The third-order valence-corrected chi connectivity index (χ3v) is 4.33. The molecule has 5 nitrogen and oxygen atoms in total. The summed E-state index contributed by atoms with van der Waals surface area (Å²) in [5.41, 5.74) is 2.35. The van der Waals surface area contributed by atoms with Gasteiger partial charge in [-0.1, -0.05) is 0 Å². The van der Waals surface area contributed by atoms with Crippen LogP contribution in [-0.4, -0.2) is 46.7 Å². The fourth-order valence-electron chi connectivity index (χ4n) is 3.25. The highest BCUT2D eigenvalue weighted by molar-refractivity contribution is 5.96. The van der Waals surface area contributed by atoms with Crippen LogP contribution in [0.5, 0.6) is 0 Å². The molecule has 1 atom stereocenters. The quantitative estimate of drug-likeness (QED) is 0.815. The second-order valence-electron chi connectivity index (χ2n) is 5.53. The zero-order valence-corrected chi connectivity index (χ0v) is 11.0. The zero-order valence-electron chi connectivity index (χ0n) is 11.0. The van der Waals surface area contributed by atoms with Gasteiger partial charge in [-0.25, -0.2) is 0 Å². The molecular weight excluding hydrogens is 228 g/mol. The molecule has 4 rings (SSSR count). The van der Waals surface area contributed by atoms with Crippen LogP contribution in [0.3, 0.4) is 0 Å². The number of rotatable bonds is 2. The first kappa shape index (κ1) is 11.7. The fourth-order valence-corrected chi connectivity index (χ4v) is 3.25. The third kappa shape index (κ3) is 1.92. The number of aromatic nitrogens is 2. The van der Waals surface area contributed by atoms with Gasteiger partial charge in [-0.15, -0.1) is 0 Å². The molecule has 1 amide bonds. The highest BCUT2D eigenvalue weighted by atomic mass is 16.1. The molecule has 2 N–H and O–H groups in total. The molecule has 1 unspecified atom stereocenters. The van der Waals surface area contributed by atoms with Crippen LogP contribution in [0.4, 0.5) is 0 Å². The Labute approximate surface area is 107 Å². The highest BCUT2D eigenvalue weighted by Gasteiger charge is 2.35. The SMILES string of the molecule is Cc1n[nH]c(C)c1C(=O)NC1CN2CCC1CC2. The summed E-state index contributed by atoms with van der Waals surface area (Å²) in [6.45, 7) is 7.16. The third-order valence-electron chi connectivity index (χ3n) is 4.33. The number of fused-ring (bicyclic) bond motifs is 3. The van der Waals surface area contributed by atoms with Crippen molar-refractivity contribution < 1.29 is 4.79 Å². The Kier molecular flexibility index (Phi) is 2.86. The van der Waals surface area contributed by atoms with Crippen LogP contribution in [0.1, 0.15) is 34.6 Å². The van der Waals surface area contributed by atoms with Crippen molar-refractivity contribution in [3.63, 3.8) is 0 Å². The van der Waals surface area contributed by atoms with Crippen molar-refractivity contribution in [1.82, 2.24) is 20.4 Å². The van der Waals surface area contributed by atoms with E-state index < -0.39 is 0 Å². The number of nitrogens with one attached hydrogen (secondary N) is 2. The van der Waals surface area contributed by atoms with Gasteiger partial charge in [0.15, 0.2) is 0 Å². The molecule has 1 aromatic rings. The van der Waals surface area contributed by atoms with Gasteiger partial charge < -0.3 is 10.2 Å². The number of aromatic amines is 1. The van der Waals surface area contributed by atoms with Crippen LogP contribution >= 0.6 is 0 Å². The molecular formula is C13H20N4O. The summed E-state index contributed by atoms with van der Waals surface area (Å²) in [5.74, 6) is 0.684.